The number of hydrogen-bond acceptors (Lipinski definition) is 1. The van der Waals surface area contributed by atoms with Crippen molar-refractivity contribution in [1.82, 2.24) is 5.32 Å². The molecule has 0 spiro atoms. The summed E-state index contributed by atoms with van der Waals surface area (Å²) in [5.74, 6) is 0.300. The molecule has 0 saturated heterocycles. The molecule has 0 saturated carbocycles. The number of rotatable bonds is 4. The Morgan fingerprint density at radius 1 is 1.16 bits per heavy atom. The molecule has 19 heavy (non-hydrogen) atoms. The second kappa shape index (κ2) is 6.70. The average Bonchev–Trinajstić information content (AvgIpc) is 2.45. The van der Waals surface area contributed by atoms with Gasteiger partial charge in [-0.25, -0.2) is 0 Å². The largest absolute Gasteiger partial charge is 0.351 e. The molecule has 98 valence electrons. The van der Waals surface area contributed by atoms with Crippen molar-refractivity contribution in [2.24, 2.45) is 0 Å². The highest BCUT2D eigenvalue weighted by molar-refractivity contribution is 14.1. The average molecular weight is 365 g/mol. The number of nitrogens with one attached hydrogen (secondary N) is 1. The fourth-order valence-electron chi connectivity index (χ4n) is 1.88. The van der Waals surface area contributed by atoms with E-state index in [1.54, 1.807) is 0 Å². The monoisotopic (exact) mass is 365 g/mol. The smallest absolute Gasteiger partial charge is 0.251 e. The van der Waals surface area contributed by atoms with Crippen LogP contribution in [0.4, 0.5) is 0 Å². The highest BCUT2D eigenvalue weighted by Gasteiger charge is 2.09. The predicted molar refractivity (Wildman–Crippen MR) is 86.3 cm³/mol. The summed E-state index contributed by atoms with van der Waals surface area (Å²) in [4.78, 5) is 12.0. The van der Waals surface area contributed by atoms with E-state index < -0.39 is 0 Å². The van der Waals surface area contributed by atoms with Crippen molar-refractivity contribution in [1.29, 1.82) is 0 Å². The number of benzene rings is 2. The standard InChI is InChI=1S/C16H16INO/c1-12(13-6-3-2-4-7-13)11-18-16(19)14-8-5-9-15(17)10-14/h2-10,12H,11H2,1H3,(H,18,19)/t12-/m0/s1. The predicted octanol–water partition coefficient (Wildman–Crippen LogP) is 3.82. The second-order valence-electron chi connectivity index (χ2n) is 4.53. The molecule has 2 nitrogen and oxygen atoms in total. The summed E-state index contributed by atoms with van der Waals surface area (Å²) in [5, 5.41) is 2.98. The lowest BCUT2D eigenvalue weighted by Gasteiger charge is -2.13. The second-order valence-corrected chi connectivity index (χ2v) is 5.78. The molecular formula is C16H16INO. The van der Waals surface area contributed by atoms with Crippen LogP contribution in [0.3, 0.4) is 0 Å². The minimum atomic E-state index is -0.0127. The van der Waals surface area contributed by atoms with E-state index in [1.807, 2.05) is 42.5 Å². The number of halogens is 1. The molecule has 0 radical (unpaired) electrons. The van der Waals surface area contributed by atoms with E-state index in [1.165, 1.54) is 5.56 Å². The van der Waals surface area contributed by atoms with Gasteiger partial charge in [-0.2, -0.15) is 0 Å². The number of carbonyl (C=O) groups excluding carboxylic acids is 1. The molecule has 1 atom stereocenters. The molecule has 0 fully saturated rings. The Bertz CT molecular complexity index is 554. The minimum absolute atomic E-state index is 0.0127. The minimum Gasteiger partial charge on any atom is -0.351 e. The van der Waals surface area contributed by atoms with E-state index in [-0.39, 0.29) is 5.91 Å². The first kappa shape index (κ1) is 14.1. The van der Waals surface area contributed by atoms with Crippen LogP contribution in [-0.4, -0.2) is 12.5 Å². The summed E-state index contributed by atoms with van der Waals surface area (Å²) in [6.45, 7) is 2.76. The van der Waals surface area contributed by atoms with Gasteiger partial charge in [0, 0.05) is 15.7 Å². The molecule has 1 amide bonds. The summed E-state index contributed by atoms with van der Waals surface area (Å²) in [6.07, 6.45) is 0. The van der Waals surface area contributed by atoms with Gasteiger partial charge in [0.2, 0.25) is 0 Å². The summed E-state index contributed by atoms with van der Waals surface area (Å²) in [5.41, 5.74) is 1.96. The lowest BCUT2D eigenvalue weighted by molar-refractivity contribution is 0.0951. The first-order chi connectivity index (χ1) is 9.16. The zero-order valence-electron chi connectivity index (χ0n) is 10.8. The maximum atomic E-state index is 12.0. The molecule has 2 aromatic carbocycles. The Balaban J connectivity index is 1.94. The van der Waals surface area contributed by atoms with Crippen LogP contribution >= 0.6 is 22.6 Å². The van der Waals surface area contributed by atoms with E-state index in [9.17, 15) is 4.79 Å². The molecule has 0 unspecified atom stereocenters. The normalized spacial score (nSPS) is 11.9. The molecule has 2 rings (SSSR count). The molecule has 3 heteroatoms. The van der Waals surface area contributed by atoms with Crippen LogP contribution in [0.1, 0.15) is 28.8 Å². The van der Waals surface area contributed by atoms with E-state index in [4.69, 9.17) is 0 Å². The quantitative estimate of drug-likeness (QED) is 0.820. The van der Waals surface area contributed by atoms with Crippen LogP contribution in [-0.2, 0) is 0 Å². The van der Waals surface area contributed by atoms with E-state index in [0.29, 0.717) is 18.0 Å². The maximum Gasteiger partial charge on any atom is 0.251 e. The fraction of sp³-hybridized carbons (Fsp3) is 0.188. The maximum absolute atomic E-state index is 12.0. The van der Waals surface area contributed by atoms with Crippen molar-refractivity contribution in [3.63, 3.8) is 0 Å². The zero-order valence-corrected chi connectivity index (χ0v) is 12.9. The van der Waals surface area contributed by atoms with Crippen molar-refractivity contribution in [3.8, 4) is 0 Å². The van der Waals surface area contributed by atoms with Crippen LogP contribution < -0.4 is 5.32 Å². The van der Waals surface area contributed by atoms with E-state index >= 15 is 0 Å². The van der Waals surface area contributed by atoms with Gasteiger partial charge in [-0.15, -0.1) is 0 Å². The third kappa shape index (κ3) is 4.06. The fourth-order valence-corrected chi connectivity index (χ4v) is 2.42. The summed E-state index contributed by atoms with van der Waals surface area (Å²) in [7, 11) is 0. The molecule has 1 N–H and O–H groups in total. The van der Waals surface area contributed by atoms with Gasteiger partial charge in [0.25, 0.3) is 5.91 Å². The van der Waals surface area contributed by atoms with Crippen molar-refractivity contribution in [3.05, 3.63) is 69.3 Å². The van der Waals surface area contributed by atoms with E-state index in [2.05, 4.69) is 47.0 Å². The number of amides is 1. The Kier molecular flexibility index (Phi) is 4.96. The van der Waals surface area contributed by atoms with Gasteiger partial charge in [-0.3, -0.25) is 4.79 Å². The molecular weight excluding hydrogens is 349 g/mol. The summed E-state index contributed by atoms with van der Waals surface area (Å²) < 4.78 is 1.07. The van der Waals surface area contributed by atoms with E-state index in [0.717, 1.165) is 3.57 Å². The van der Waals surface area contributed by atoms with Gasteiger partial charge in [0.15, 0.2) is 0 Å². The molecule has 0 aromatic heterocycles. The Labute approximate surface area is 127 Å². The Morgan fingerprint density at radius 2 is 1.89 bits per heavy atom. The third-order valence-electron chi connectivity index (χ3n) is 3.02. The van der Waals surface area contributed by atoms with Crippen molar-refractivity contribution < 1.29 is 4.79 Å². The Hall–Kier alpha value is -1.36. The van der Waals surface area contributed by atoms with Crippen LogP contribution in [0, 0.1) is 3.57 Å². The molecule has 0 aliphatic heterocycles. The van der Waals surface area contributed by atoms with Crippen LogP contribution in [0.5, 0.6) is 0 Å². The molecule has 0 heterocycles. The zero-order chi connectivity index (χ0) is 13.7. The Morgan fingerprint density at radius 3 is 2.58 bits per heavy atom. The van der Waals surface area contributed by atoms with Gasteiger partial charge in [-0.05, 0) is 52.3 Å². The third-order valence-corrected chi connectivity index (χ3v) is 3.70. The highest BCUT2D eigenvalue weighted by atomic mass is 127. The van der Waals surface area contributed by atoms with Gasteiger partial charge in [-0.1, -0.05) is 43.3 Å². The van der Waals surface area contributed by atoms with Crippen molar-refractivity contribution in [2.75, 3.05) is 6.54 Å². The first-order valence-electron chi connectivity index (χ1n) is 6.25. The van der Waals surface area contributed by atoms with Crippen LogP contribution in [0.25, 0.3) is 0 Å². The van der Waals surface area contributed by atoms with Crippen LogP contribution in [0.2, 0.25) is 0 Å². The lowest BCUT2D eigenvalue weighted by atomic mass is 10.0. The topological polar surface area (TPSA) is 29.1 Å². The van der Waals surface area contributed by atoms with Gasteiger partial charge in [0.1, 0.15) is 0 Å². The van der Waals surface area contributed by atoms with Crippen molar-refractivity contribution in [2.45, 2.75) is 12.8 Å². The van der Waals surface area contributed by atoms with Gasteiger partial charge < -0.3 is 5.32 Å². The summed E-state index contributed by atoms with van der Waals surface area (Å²) >= 11 is 2.21. The molecule has 0 bridgehead atoms. The SMILES string of the molecule is C[C@@H](CNC(=O)c1cccc(I)c1)c1ccccc1. The van der Waals surface area contributed by atoms with Crippen molar-refractivity contribution >= 4 is 28.5 Å². The summed E-state index contributed by atoms with van der Waals surface area (Å²) in [6, 6.07) is 17.8. The highest BCUT2D eigenvalue weighted by Crippen LogP contribution is 2.13. The van der Waals surface area contributed by atoms with Crippen LogP contribution in [0.15, 0.2) is 54.6 Å². The molecule has 0 aliphatic rings. The van der Waals surface area contributed by atoms with Gasteiger partial charge in [0.05, 0.1) is 0 Å². The van der Waals surface area contributed by atoms with Gasteiger partial charge >= 0.3 is 0 Å². The molecule has 0 aliphatic carbocycles. The lowest BCUT2D eigenvalue weighted by Crippen LogP contribution is -2.27. The first-order valence-corrected chi connectivity index (χ1v) is 7.33. The molecule has 2 aromatic rings. The number of carbonyl (C=O) groups is 1. The number of hydrogen-bond donors (Lipinski definition) is 1.